The van der Waals surface area contributed by atoms with E-state index >= 15 is 0 Å². The predicted octanol–water partition coefficient (Wildman–Crippen LogP) is 1.01. The highest BCUT2D eigenvalue weighted by Gasteiger charge is 2.17. The van der Waals surface area contributed by atoms with E-state index in [0.717, 1.165) is 43.5 Å². The summed E-state index contributed by atoms with van der Waals surface area (Å²) in [6.07, 6.45) is 1.12. The zero-order valence-electron chi connectivity index (χ0n) is 10.8. The molecule has 0 aromatic carbocycles. The van der Waals surface area contributed by atoms with Gasteiger partial charge in [0.15, 0.2) is 0 Å². The largest absolute Gasteiger partial charge is 0.365 e. The van der Waals surface area contributed by atoms with Gasteiger partial charge in [0, 0.05) is 32.7 Å². The molecule has 0 aliphatic carbocycles. The summed E-state index contributed by atoms with van der Waals surface area (Å²) in [4.78, 5) is 11.0. The Bertz CT molecular complexity index is 375. The second kappa shape index (κ2) is 5.31. The Balaban J connectivity index is 2.10. The van der Waals surface area contributed by atoms with Gasteiger partial charge >= 0.3 is 0 Å². The van der Waals surface area contributed by atoms with Crippen LogP contribution in [0.4, 0.5) is 11.6 Å². The molecule has 5 nitrogen and oxygen atoms in total. The van der Waals surface area contributed by atoms with Crippen LogP contribution in [0.3, 0.4) is 0 Å². The third-order valence-corrected chi connectivity index (χ3v) is 2.91. The molecule has 1 aliphatic heterocycles. The Morgan fingerprint density at radius 2 is 2.24 bits per heavy atom. The van der Waals surface area contributed by atoms with Crippen molar-refractivity contribution >= 4 is 11.6 Å². The van der Waals surface area contributed by atoms with Crippen LogP contribution < -0.4 is 15.5 Å². The van der Waals surface area contributed by atoms with Crippen LogP contribution in [0.2, 0.25) is 0 Å². The quantitative estimate of drug-likeness (QED) is 0.798. The SMILES string of the molecule is CCCN(C)c1cc(NC2CNC2)nc(C)n1. The van der Waals surface area contributed by atoms with Gasteiger partial charge in [0.2, 0.25) is 0 Å². The zero-order chi connectivity index (χ0) is 12.3. The Morgan fingerprint density at radius 1 is 1.47 bits per heavy atom. The fraction of sp³-hybridized carbons (Fsp3) is 0.667. The summed E-state index contributed by atoms with van der Waals surface area (Å²) in [6, 6.07) is 2.54. The van der Waals surface area contributed by atoms with Crippen molar-refractivity contribution in [1.82, 2.24) is 15.3 Å². The molecule has 17 heavy (non-hydrogen) atoms. The average Bonchev–Trinajstić information content (AvgIpc) is 2.23. The van der Waals surface area contributed by atoms with Crippen LogP contribution in [0, 0.1) is 6.92 Å². The van der Waals surface area contributed by atoms with Gasteiger partial charge in [0.05, 0.1) is 6.04 Å². The van der Waals surface area contributed by atoms with Crippen molar-refractivity contribution in [2.24, 2.45) is 0 Å². The molecule has 0 spiro atoms. The molecule has 0 saturated carbocycles. The molecule has 1 saturated heterocycles. The van der Waals surface area contributed by atoms with Gasteiger partial charge in [-0.15, -0.1) is 0 Å². The molecular formula is C12H21N5. The highest BCUT2D eigenvalue weighted by molar-refractivity contribution is 5.49. The molecule has 2 heterocycles. The molecule has 1 aromatic rings. The number of anilines is 2. The normalized spacial score (nSPS) is 15.5. The molecule has 0 atom stereocenters. The van der Waals surface area contributed by atoms with Crippen LogP contribution in [0.25, 0.3) is 0 Å². The van der Waals surface area contributed by atoms with Crippen molar-refractivity contribution in [3.05, 3.63) is 11.9 Å². The van der Waals surface area contributed by atoms with E-state index in [4.69, 9.17) is 0 Å². The molecule has 1 aliphatic rings. The van der Waals surface area contributed by atoms with Gasteiger partial charge in [-0.1, -0.05) is 6.92 Å². The van der Waals surface area contributed by atoms with Crippen molar-refractivity contribution in [3.8, 4) is 0 Å². The summed E-state index contributed by atoms with van der Waals surface area (Å²) in [6.45, 7) is 7.16. The lowest BCUT2D eigenvalue weighted by Crippen LogP contribution is -2.51. The fourth-order valence-electron chi connectivity index (χ4n) is 1.87. The van der Waals surface area contributed by atoms with Crippen molar-refractivity contribution < 1.29 is 0 Å². The minimum absolute atomic E-state index is 0.508. The number of hydrogen-bond donors (Lipinski definition) is 2. The number of nitrogens with one attached hydrogen (secondary N) is 2. The first kappa shape index (κ1) is 12.1. The van der Waals surface area contributed by atoms with Crippen LogP contribution in [-0.2, 0) is 0 Å². The third kappa shape index (κ3) is 3.06. The summed E-state index contributed by atoms with van der Waals surface area (Å²) in [7, 11) is 2.07. The topological polar surface area (TPSA) is 53.1 Å². The lowest BCUT2D eigenvalue weighted by molar-refractivity contribution is 0.471. The van der Waals surface area contributed by atoms with Crippen molar-refractivity contribution in [2.75, 3.05) is 36.9 Å². The number of rotatable bonds is 5. The number of aromatic nitrogens is 2. The van der Waals surface area contributed by atoms with E-state index in [0.29, 0.717) is 6.04 Å². The van der Waals surface area contributed by atoms with E-state index in [2.05, 4.69) is 39.5 Å². The number of hydrogen-bond acceptors (Lipinski definition) is 5. The molecule has 0 amide bonds. The van der Waals surface area contributed by atoms with Crippen LogP contribution in [0.15, 0.2) is 6.07 Å². The van der Waals surface area contributed by atoms with Crippen LogP contribution in [0.5, 0.6) is 0 Å². The molecule has 2 N–H and O–H groups in total. The first-order valence-electron chi connectivity index (χ1n) is 6.23. The minimum atomic E-state index is 0.508. The second-order valence-electron chi connectivity index (χ2n) is 4.58. The Hall–Kier alpha value is -1.36. The van der Waals surface area contributed by atoms with Crippen molar-refractivity contribution in [2.45, 2.75) is 26.3 Å². The Labute approximate surface area is 103 Å². The summed E-state index contributed by atoms with van der Waals surface area (Å²) in [5.41, 5.74) is 0. The lowest BCUT2D eigenvalue weighted by Gasteiger charge is -2.29. The van der Waals surface area contributed by atoms with Gasteiger partial charge in [-0.2, -0.15) is 0 Å². The van der Waals surface area contributed by atoms with Gasteiger partial charge < -0.3 is 15.5 Å². The smallest absolute Gasteiger partial charge is 0.134 e. The first-order chi connectivity index (χ1) is 8.19. The van der Waals surface area contributed by atoms with Crippen LogP contribution in [0.1, 0.15) is 19.2 Å². The molecule has 1 aromatic heterocycles. The maximum absolute atomic E-state index is 4.46. The monoisotopic (exact) mass is 235 g/mol. The maximum Gasteiger partial charge on any atom is 0.134 e. The molecule has 1 fully saturated rings. The molecule has 0 bridgehead atoms. The van der Waals surface area contributed by atoms with E-state index < -0.39 is 0 Å². The molecule has 0 unspecified atom stereocenters. The van der Waals surface area contributed by atoms with Crippen LogP contribution >= 0.6 is 0 Å². The third-order valence-electron chi connectivity index (χ3n) is 2.91. The first-order valence-corrected chi connectivity index (χ1v) is 6.23. The fourth-order valence-corrected chi connectivity index (χ4v) is 1.87. The average molecular weight is 235 g/mol. The minimum Gasteiger partial charge on any atom is -0.365 e. The van der Waals surface area contributed by atoms with E-state index in [9.17, 15) is 0 Å². The summed E-state index contributed by atoms with van der Waals surface area (Å²) in [5.74, 6) is 2.75. The summed E-state index contributed by atoms with van der Waals surface area (Å²) in [5, 5.41) is 6.65. The maximum atomic E-state index is 4.46. The van der Waals surface area contributed by atoms with Gasteiger partial charge in [0.25, 0.3) is 0 Å². The molecule has 2 rings (SSSR count). The second-order valence-corrected chi connectivity index (χ2v) is 4.58. The highest BCUT2D eigenvalue weighted by Crippen LogP contribution is 2.16. The standard InChI is InChI=1S/C12H21N5/c1-4-5-17(3)12-6-11(14-9(2)15-12)16-10-7-13-8-10/h6,10,13H,4-5,7-8H2,1-3H3,(H,14,15,16). The van der Waals surface area contributed by atoms with Gasteiger partial charge in [0.1, 0.15) is 17.5 Å². The summed E-state index contributed by atoms with van der Waals surface area (Å²) >= 11 is 0. The van der Waals surface area contributed by atoms with Crippen molar-refractivity contribution in [1.29, 1.82) is 0 Å². The molecule has 0 radical (unpaired) electrons. The zero-order valence-corrected chi connectivity index (χ0v) is 10.8. The van der Waals surface area contributed by atoms with Crippen molar-refractivity contribution in [3.63, 3.8) is 0 Å². The van der Waals surface area contributed by atoms with E-state index in [1.54, 1.807) is 0 Å². The van der Waals surface area contributed by atoms with E-state index in [-0.39, 0.29) is 0 Å². The van der Waals surface area contributed by atoms with Crippen LogP contribution in [-0.4, -0.2) is 42.7 Å². The molecule has 5 heteroatoms. The molecule has 94 valence electrons. The predicted molar refractivity (Wildman–Crippen MR) is 70.6 cm³/mol. The number of aryl methyl sites for hydroxylation is 1. The van der Waals surface area contributed by atoms with Gasteiger partial charge in [-0.25, -0.2) is 9.97 Å². The summed E-state index contributed by atoms with van der Waals surface area (Å²) < 4.78 is 0. The van der Waals surface area contributed by atoms with Gasteiger partial charge in [-0.05, 0) is 13.3 Å². The lowest BCUT2D eigenvalue weighted by atomic mass is 10.2. The Morgan fingerprint density at radius 3 is 2.82 bits per heavy atom. The van der Waals surface area contributed by atoms with Gasteiger partial charge in [-0.3, -0.25) is 0 Å². The molecular weight excluding hydrogens is 214 g/mol. The van der Waals surface area contributed by atoms with E-state index in [1.807, 2.05) is 13.0 Å². The Kier molecular flexibility index (Phi) is 3.78. The number of nitrogens with zero attached hydrogens (tertiary/aromatic N) is 3. The highest BCUT2D eigenvalue weighted by atomic mass is 15.2. The van der Waals surface area contributed by atoms with E-state index in [1.165, 1.54) is 0 Å².